The fourth-order valence-electron chi connectivity index (χ4n) is 2.60. The van der Waals surface area contributed by atoms with Crippen LogP contribution < -0.4 is 15.8 Å². The van der Waals surface area contributed by atoms with Crippen LogP contribution in [0.4, 0.5) is 5.69 Å². The molecule has 1 aliphatic carbocycles. The van der Waals surface area contributed by atoms with Crippen molar-refractivity contribution in [3.05, 3.63) is 34.4 Å². The molecule has 0 aliphatic heterocycles. The SMILES string of the molecule is Cl.NC1(C(=O)NCCNS(=O)(=O)c2ccc([N+](=O)[O-])cc2)CCCC1. The molecule has 0 saturated heterocycles. The molecule has 0 atom stereocenters. The molecule has 1 saturated carbocycles. The Balaban J connectivity index is 0.00000312. The number of halogens is 1. The van der Waals surface area contributed by atoms with Gasteiger partial charge in [0.1, 0.15) is 0 Å². The monoisotopic (exact) mass is 392 g/mol. The molecule has 2 rings (SSSR count). The molecule has 140 valence electrons. The second-order valence-electron chi connectivity index (χ2n) is 5.77. The molecule has 1 aromatic carbocycles. The molecule has 1 aromatic rings. The van der Waals surface area contributed by atoms with Gasteiger partial charge in [0.25, 0.3) is 5.69 Å². The summed E-state index contributed by atoms with van der Waals surface area (Å²) < 4.78 is 26.4. The van der Waals surface area contributed by atoms with Crippen LogP contribution in [0.3, 0.4) is 0 Å². The van der Waals surface area contributed by atoms with Gasteiger partial charge in [-0.1, -0.05) is 12.8 Å². The van der Waals surface area contributed by atoms with Gasteiger partial charge in [0.05, 0.1) is 15.4 Å². The first-order chi connectivity index (χ1) is 11.2. The lowest BCUT2D eigenvalue weighted by Crippen LogP contribution is -2.53. The van der Waals surface area contributed by atoms with Gasteiger partial charge in [-0.15, -0.1) is 12.4 Å². The second kappa shape index (κ2) is 8.56. The number of nitrogens with zero attached hydrogens (tertiary/aromatic N) is 1. The molecule has 0 heterocycles. The first-order valence-electron chi connectivity index (χ1n) is 7.56. The molecule has 25 heavy (non-hydrogen) atoms. The van der Waals surface area contributed by atoms with Gasteiger partial charge in [-0.25, -0.2) is 13.1 Å². The van der Waals surface area contributed by atoms with Crippen LogP contribution in [0.2, 0.25) is 0 Å². The summed E-state index contributed by atoms with van der Waals surface area (Å²) in [5, 5.41) is 13.2. The molecule has 1 amide bonds. The minimum atomic E-state index is -3.79. The number of nitro benzene ring substituents is 1. The standard InChI is InChI=1S/C14H20N4O5S.ClH/c15-14(7-1-2-8-14)13(19)16-9-10-17-24(22,23)12-5-3-11(4-6-12)18(20)21;/h3-6,17H,1-2,7-10,15H2,(H,16,19);1H. The van der Waals surface area contributed by atoms with Crippen LogP contribution in [0.1, 0.15) is 25.7 Å². The number of nitrogens with one attached hydrogen (secondary N) is 2. The Morgan fingerprint density at radius 3 is 2.28 bits per heavy atom. The van der Waals surface area contributed by atoms with E-state index < -0.39 is 20.5 Å². The summed E-state index contributed by atoms with van der Waals surface area (Å²) in [7, 11) is -3.79. The predicted molar refractivity (Wildman–Crippen MR) is 93.9 cm³/mol. The van der Waals surface area contributed by atoms with Crippen molar-refractivity contribution in [2.75, 3.05) is 13.1 Å². The largest absolute Gasteiger partial charge is 0.353 e. The highest BCUT2D eigenvalue weighted by Crippen LogP contribution is 2.27. The lowest BCUT2D eigenvalue weighted by molar-refractivity contribution is -0.384. The van der Waals surface area contributed by atoms with E-state index >= 15 is 0 Å². The molecule has 0 spiro atoms. The van der Waals surface area contributed by atoms with E-state index in [9.17, 15) is 23.3 Å². The zero-order chi connectivity index (χ0) is 17.8. The minimum Gasteiger partial charge on any atom is -0.353 e. The van der Waals surface area contributed by atoms with Crippen LogP contribution in [-0.2, 0) is 14.8 Å². The lowest BCUT2D eigenvalue weighted by atomic mass is 9.98. The first-order valence-corrected chi connectivity index (χ1v) is 9.04. The second-order valence-corrected chi connectivity index (χ2v) is 7.53. The molecule has 9 nitrogen and oxygen atoms in total. The average molecular weight is 393 g/mol. The zero-order valence-electron chi connectivity index (χ0n) is 13.4. The Hall–Kier alpha value is -1.75. The van der Waals surface area contributed by atoms with Crippen LogP contribution >= 0.6 is 12.4 Å². The zero-order valence-corrected chi connectivity index (χ0v) is 15.1. The van der Waals surface area contributed by atoms with Crippen molar-refractivity contribution in [2.45, 2.75) is 36.1 Å². The summed E-state index contributed by atoms with van der Waals surface area (Å²) in [5.74, 6) is -0.269. The summed E-state index contributed by atoms with van der Waals surface area (Å²) in [6.45, 7) is 0.116. The first kappa shape index (κ1) is 21.3. The summed E-state index contributed by atoms with van der Waals surface area (Å²) in [5.41, 5.74) is 4.96. The molecule has 4 N–H and O–H groups in total. The fraction of sp³-hybridized carbons (Fsp3) is 0.500. The van der Waals surface area contributed by atoms with Gasteiger partial charge in [0, 0.05) is 25.2 Å². The maximum absolute atomic E-state index is 12.1. The van der Waals surface area contributed by atoms with Gasteiger partial charge in [0.2, 0.25) is 15.9 Å². The van der Waals surface area contributed by atoms with Gasteiger partial charge in [0.15, 0.2) is 0 Å². The Labute approximate surface area is 152 Å². The van der Waals surface area contributed by atoms with Crippen molar-refractivity contribution in [2.24, 2.45) is 5.73 Å². The molecule has 0 bridgehead atoms. The topological polar surface area (TPSA) is 144 Å². The van der Waals surface area contributed by atoms with Crippen molar-refractivity contribution in [3.63, 3.8) is 0 Å². The van der Waals surface area contributed by atoms with Crippen molar-refractivity contribution < 1.29 is 18.1 Å². The third-order valence-electron chi connectivity index (χ3n) is 4.01. The molecule has 0 radical (unpaired) electrons. The van der Waals surface area contributed by atoms with Crippen LogP contribution in [0, 0.1) is 10.1 Å². The van der Waals surface area contributed by atoms with Crippen molar-refractivity contribution in [1.29, 1.82) is 0 Å². The van der Waals surface area contributed by atoms with E-state index in [1.54, 1.807) is 0 Å². The third-order valence-corrected chi connectivity index (χ3v) is 5.49. The Morgan fingerprint density at radius 1 is 1.20 bits per heavy atom. The molecule has 0 aromatic heterocycles. The number of carbonyl (C=O) groups excluding carboxylic acids is 1. The van der Waals surface area contributed by atoms with Gasteiger partial charge in [-0.3, -0.25) is 14.9 Å². The normalized spacial score (nSPS) is 16.0. The van der Waals surface area contributed by atoms with Gasteiger partial charge in [-0.05, 0) is 25.0 Å². The minimum absolute atomic E-state index is 0. The summed E-state index contributed by atoms with van der Waals surface area (Å²) in [6.07, 6.45) is 3.09. The average Bonchev–Trinajstić information content (AvgIpc) is 2.99. The fourth-order valence-corrected chi connectivity index (χ4v) is 3.63. The number of rotatable bonds is 7. The number of sulfonamides is 1. The maximum atomic E-state index is 12.1. The smallest absolute Gasteiger partial charge is 0.269 e. The number of amides is 1. The van der Waals surface area contributed by atoms with Crippen LogP contribution in [0.15, 0.2) is 29.2 Å². The number of benzene rings is 1. The molecule has 0 unspecified atom stereocenters. The van der Waals surface area contributed by atoms with E-state index in [0.717, 1.165) is 37.1 Å². The van der Waals surface area contributed by atoms with E-state index in [0.29, 0.717) is 12.8 Å². The van der Waals surface area contributed by atoms with Crippen molar-refractivity contribution >= 4 is 34.0 Å². The van der Waals surface area contributed by atoms with Crippen LogP contribution in [0.25, 0.3) is 0 Å². The van der Waals surface area contributed by atoms with E-state index in [2.05, 4.69) is 10.0 Å². The predicted octanol–water partition coefficient (Wildman–Crippen LogP) is 0.683. The maximum Gasteiger partial charge on any atom is 0.269 e. The number of non-ortho nitro benzene ring substituents is 1. The third kappa shape index (κ3) is 5.36. The molecule has 11 heteroatoms. The molecule has 1 aliphatic rings. The van der Waals surface area contributed by atoms with Crippen molar-refractivity contribution in [3.8, 4) is 0 Å². The highest BCUT2D eigenvalue weighted by atomic mass is 35.5. The Kier molecular flexibility index (Phi) is 7.29. The van der Waals surface area contributed by atoms with E-state index in [1.165, 1.54) is 0 Å². The highest BCUT2D eigenvalue weighted by Gasteiger charge is 2.36. The summed E-state index contributed by atoms with van der Waals surface area (Å²) >= 11 is 0. The number of nitrogens with two attached hydrogens (primary N) is 1. The summed E-state index contributed by atoms with van der Waals surface area (Å²) in [4.78, 5) is 21.9. The van der Waals surface area contributed by atoms with E-state index in [1.807, 2.05) is 0 Å². The van der Waals surface area contributed by atoms with Gasteiger partial charge >= 0.3 is 0 Å². The van der Waals surface area contributed by atoms with Gasteiger partial charge in [-0.2, -0.15) is 0 Å². The van der Waals surface area contributed by atoms with Gasteiger partial charge < -0.3 is 11.1 Å². The summed E-state index contributed by atoms with van der Waals surface area (Å²) in [6, 6.07) is 4.56. The van der Waals surface area contributed by atoms with Crippen molar-refractivity contribution in [1.82, 2.24) is 10.0 Å². The quantitative estimate of drug-likeness (QED) is 0.353. The molecular weight excluding hydrogens is 372 g/mol. The van der Waals surface area contributed by atoms with E-state index in [-0.39, 0.29) is 42.0 Å². The lowest BCUT2D eigenvalue weighted by Gasteiger charge is -2.22. The van der Waals surface area contributed by atoms with Crippen LogP contribution in [-0.4, -0.2) is 37.9 Å². The highest BCUT2D eigenvalue weighted by molar-refractivity contribution is 7.89. The molecular formula is C14H21ClN4O5S. The number of hydrogen-bond donors (Lipinski definition) is 3. The van der Waals surface area contributed by atoms with Crippen LogP contribution in [0.5, 0.6) is 0 Å². The number of hydrogen-bond acceptors (Lipinski definition) is 6. The number of carbonyl (C=O) groups is 1. The molecule has 1 fully saturated rings. The Bertz CT molecular complexity index is 717. The van der Waals surface area contributed by atoms with E-state index in [4.69, 9.17) is 5.73 Å². The Morgan fingerprint density at radius 2 is 1.76 bits per heavy atom. The number of nitro groups is 1.